The molecule has 0 unspecified atom stereocenters. The van der Waals surface area contributed by atoms with E-state index < -0.39 is 4.92 Å². The molecule has 1 saturated heterocycles. The number of hydrogen-bond acceptors (Lipinski definition) is 4. The third kappa shape index (κ3) is 3.60. The predicted octanol–water partition coefficient (Wildman–Crippen LogP) is 2.55. The fraction of sp³-hybridized carbons (Fsp3) is 0.278. The molecule has 0 aliphatic carbocycles. The van der Waals surface area contributed by atoms with Crippen LogP contribution in [0.15, 0.2) is 54.6 Å². The minimum atomic E-state index is -0.501. The quantitative estimate of drug-likeness (QED) is 0.640. The fourth-order valence-electron chi connectivity index (χ4n) is 2.93. The normalized spacial score (nSPS) is 15.2. The summed E-state index contributed by atoms with van der Waals surface area (Å²) in [5.74, 6) is -0.262. The van der Waals surface area contributed by atoms with Gasteiger partial charge in [-0.15, -0.1) is 0 Å². The van der Waals surface area contributed by atoms with Gasteiger partial charge in [-0.25, -0.2) is 0 Å². The van der Waals surface area contributed by atoms with Crippen LogP contribution in [0.25, 0.3) is 0 Å². The first-order chi connectivity index (χ1) is 11.6. The SMILES string of the molecule is O=C(c1ccccc1[N+](=O)[O-])N1CCN(Cc2ccccc2)CC1. The molecule has 1 aliphatic rings. The third-order valence-electron chi connectivity index (χ3n) is 4.24. The Balaban J connectivity index is 1.62. The van der Waals surface area contributed by atoms with Gasteiger partial charge in [0.15, 0.2) is 0 Å². The molecule has 1 aliphatic heterocycles. The van der Waals surface area contributed by atoms with Gasteiger partial charge in [-0.2, -0.15) is 0 Å². The van der Waals surface area contributed by atoms with Gasteiger partial charge in [0.05, 0.1) is 4.92 Å². The Morgan fingerprint density at radius 2 is 1.58 bits per heavy atom. The Morgan fingerprint density at radius 3 is 2.25 bits per heavy atom. The van der Waals surface area contributed by atoms with E-state index in [0.29, 0.717) is 13.1 Å². The van der Waals surface area contributed by atoms with Gasteiger partial charge in [0, 0.05) is 38.8 Å². The molecule has 6 heteroatoms. The van der Waals surface area contributed by atoms with Crippen molar-refractivity contribution < 1.29 is 9.72 Å². The van der Waals surface area contributed by atoms with Gasteiger partial charge in [0.25, 0.3) is 11.6 Å². The van der Waals surface area contributed by atoms with Crippen LogP contribution in [0.5, 0.6) is 0 Å². The maximum atomic E-state index is 12.6. The van der Waals surface area contributed by atoms with Gasteiger partial charge >= 0.3 is 0 Å². The maximum absolute atomic E-state index is 12.6. The minimum absolute atomic E-state index is 0.130. The summed E-state index contributed by atoms with van der Waals surface area (Å²) >= 11 is 0. The average molecular weight is 325 g/mol. The first-order valence-corrected chi connectivity index (χ1v) is 7.94. The molecule has 0 aromatic heterocycles. The lowest BCUT2D eigenvalue weighted by Gasteiger charge is -2.34. The van der Waals surface area contributed by atoms with Crippen LogP contribution < -0.4 is 0 Å². The molecule has 0 spiro atoms. The van der Waals surface area contributed by atoms with Gasteiger partial charge in [0.2, 0.25) is 0 Å². The molecule has 2 aromatic carbocycles. The summed E-state index contributed by atoms with van der Waals surface area (Å²) < 4.78 is 0. The van der Waals surface area contributed by atoms with Crippen molar-refractivity contribution in [3.63, 3.8) is 0 Å². The van der Waals surface area contributed by atoms with E-state index in [1.165, 1.54) is 17.7 Å². The van der Waals surface area contributed by atoms with Crippen molar-refractivity contribution in [2.24, 2.45) is 0 Å². The maximum Gasteiger partial charge on any atom is 0.282 e. The standard InChI is InChI=1S/C18H19N3O3/c22-18(16-8-4-5-9-17(16)21(23)24)20-12-10-19(11-13-20)14-15-6-2-1-3-7-15/h1-9H,10-14H2. The number of para-hydroxylation sites is 1. The largest absolute Gasteiger partial charge is 0.336 e. The Bertz CT molecular complexity index is 725. The molecule has 0 bridgehead atoms. The highest BCUT2D eigenvalue weighted by atomic mass is 16.6. The number of hydrogen-bond donors (Lipinski definition) is 0. The van der Waals surface area contributed by atoms with Crippen LogP contribution in [0.4, 0.5) is 5.69 Å². The molecule has 1 fully saturated rings. The average Bonchev–Trinajstić information content (AvgIpc) is 2.62. The first-order valence-electron chi connectivity index (χ1n) is 7.94. The molecule has 3 rings (SSSR count). The van der Waals surface area contributed by atoms with Gasteiger partial charge in [-0.05, 0) is 11.6 Å². The summed E-state index contributed by atoms with van der Waals surface area (Å²) in [6, 6.07) is 16.3. The number of rotatable bonds is 4. The zero-order chi connectivity index (χ0) is 16.9. The molecule has 1 amide bonds. The highest BCUT2D eigenvalue weighted by Crippen LogP contribution is 2.20. The predicted molar refractivity (Wildman–Crippen MR) is 90.7 cm³/mol. The van der Waals surface area contributed by atoms with Crippen LogP contribution >= 0.6 is 0 Å². The lowest BCUT2D eigenvalue weighted by Crippen LogP contribution is -2.48. The second-order valence-corrected chi connectivity index (χ2v) is 5.83. The van der Waals surface area contributed by atoms with Crippen LogP contribution in [-0.2, 0) is 6.54 Å². The van der Waals surface area contributed by atoms with E-state index in [1.807, 2.05) is 18.2 Å². The Morgan fingerprint density at radius 1 is 0.958 bits per heavy atom. The van der Waals surface area contributed by atoms with Crippen LogP contribution in [0.2, 0.25) is 0 Å². The lowest BCUT2D eigenvalue weighted by molar-refractivity contribution is -0.385. The summed E-state index contributed by atoms with van der Waals surface area (Å²) in [7, 11) is 0. The van der Waals surface area contributed by atoms with Gasteiger partial charge in [-0.3, -0.25) is 19.8 Å². The fourth-order valence-corrected chi connectivity index (χ4v) is 2.93. The molecule has 24 heavy (non-hydrogen) atoms. The van der Waals surface area contributed by atoms with Crippen molar-refractivity contribution in [3.8, 4) is 0 Å². The van der Waals surface area contributed by atoms with Crippen molar-refractivity contribution in [1.82, 2.24) is 9.80 Å². The Hall–Kier alpha value is -2.73. The van der Waals surface area contributed by atoms with Crippen LogP contribution in [-0.4, -0.2) is 46.8 Å². The van der Waals surface area contributed by atoms with E-state index in [4.69, 9.17) is 0 Å². The van der Waals surface area contributed by atoms with Gasteiger partial charge in [-0.1, -0.05) is 42.5 Å². The third-order valence-corrected chi connectivity index (χ3v) is 4.24. The van der Waals surface area contributed by atoms with Gasteiger partial charge < -0.3 is 4.90 Å². The number of amides is 1. The molecule has 1 heterocycles. The Kier molecular flexibility index (Phi) is 4.86. The smallest absolute Gasteiger partial charge is 0.282 e. The van der Waals surface area contributed by atoms with Crippen LogP contribution in [0.1, 0.15) is 15.9 Å². The van der Waals surface area contributed by atoms with E-state index in [-0.39, 0.29) is 17.2 Å². The highest BCUT2D eigenvalue weighted by molar-refractivity contribution is 5.98. The molecule has 0 saturated carbocycles. The number of piperazine rings is 1. The summed E-state index contributed by atoms with van der Waals surface area (Å²) in [5.41, 5.74) is 1.28. The molecule has 2 aromatic rings. The van der Waals surface area contributed by atoms with E-state index in [2.05, 4.69) is 17.0 Å². The van der Waals surface area contributed by atoms with Crippen molar-refractivity contribution in [1.29, 1.82) is 0 Å². The number of nitro benzene ring substituents is 1. The molecular weight excluding hydrogens is 306 g/mol. The second kappa shape index (κ2) is 7.23. The summed E-state index contributed by atoms with van der Waals surface area (Å²) in [5, 5.41) is 11.1. The monoisotopic (exact) mass is 325 g/mol. The molecular formula is C18H19N3O3. The number of carbonyl (C=O) groups is 1. The zero-order valence-electron chi connectivity index (χ0n) is 13.3. The number of nitro groups is 1. The molecule has 0 atom stereocenters. The van der Waals surface area contributed by atoms with Crippen molar-refractivity contribution in [2.75, 3.05) is 26.2 Å². The zero-order valence-corrected chi connectivity index (χ0v) is 13.3. The van der Waals surface area contributed by atoms with Gasteiger partial charge in [0.1, 0.15) is 5.56 Å². The summed E-state index contributed by atoms with van der Waals surface area (Å²) in [6.45, 7) is 3.55. The van der Waals surface area contributed by atoms with Crippen LogP contribution in [0.3, 0.4) is 0 Å². The molecule has 0 radical (unpaired) electrons. The van der Waals surface area contributed by atoms with Crippen LogP contribution in [0, 0.1) is 10.1 Å². The number of nitrogens with zero attached hydrogens (tertiary/aromatic N) is 3. The van der Waals surface area contributed by atoms with Crippen molar-refractivity contribution in [2.45, 2.75) is 6.54 Å². The lowest BCUT2D eigenvalue weighted by atomic mass is 10.1. The highest BCUT2D eigenvalue weighted by Gasteiger charge is 2.27. The summed E-state index contributed by atoms with van der Waals surface area (Å²) in [4.78, 5) is 27.2. The van der Waals surface area contributed by atoms with Crippen molar-refractivity contribution in [3.05, 3.63) is 75.8 Å². The molecule has 6 nitrogen and oxygen atoms in total. The first kappa shape index (κ1) is 16.1. The van der Waals surface area contributed by atoms with E-state index in [0.717, 1.165) is 19.6 Å². The van der Waals surface area contributed by atoms with E-state index in [1.54, 1.807) is 17.0 Å². The second-order valence-electron chi connectivity index (χ2n) is 5.83. The Labute approximate surface area is 140 Å². The number of benzene rings is 2. The van der Waals surface area contributed by atoms with E-state index in [9.17, 15) is 14.9 Å². The molecule has 0 N–H and O–H groups in total. The topological polar surface area (TPSA) is 66.7 Å². The van der Waals surface area contributed by atoms with E-state index >= 15 is 0 Å². The number of carbonyl (C=O) groups excluding carboxylic acids is 1. The summed E-state index contributed by atoms with van der Waals surface area (Å²) in [6.07, 6.45) is 0. The molecule has 124 valence electrons. The minimum Gasteiger partial charge on any atom is -0.336 e. The van der Waals surface area contributed by atoms with Crippen molar-refractivity contribution >= 4 is 11.6 Å².